The maximum absolute atomic E-state index is 14.6. The smallest absolute Gasteiger partial charge is 0.228 e. The second-order valence-electron chi connectivity index (χ2n) is 6.43. The Morgan fingerprint density at radius 3 is 2.65 bits per heavy atom. The molecular weight excluding hydrogens is 251 g/mol. The monoisotopic (exact) mass is 280 g/mol. The lowest BCUT2D eigenvalue weighted by molar-refractivity contribution is -0.127. The van der Waals surface area contributed by atoms with Crippen LogP contribution in [-0.4, -0.2) is 11.5 Å². The van der Waals surface area contributed by atoms with Gasteiger partial charge >= 0.3 is 0 Å². The van der Waals surface area contributed by atoms with Crippen molar-refractivity contribution in [1.82, 2.24) is 0 Å². The zero-order chi connectivity index (χ0) is 14.8. The molecule has 20 heavy (non-hydrogen) atoms. The van der Waals surface area contributed by atoms with Crippen molar-refractivity contribution in [3.05, 3.63) is 0 Å². The Hall–Kier alpha value is -0.840. The maximum Gasteiger partial charge on any atom is 0.228 e. The number of Topliss-reactive ketones (excluding diaryl/α,β-unsaturated/α-hetero) is 1. The molecular formula is C18H29FO. The fraction of sp³-hybridized carbons (Fsp3) is 0.833. The number of carbonyl (C=O) groups is 1. The third-order valence-corrected chi connectivity index (χ3v) is 3.99. The first-order valence-electron chi connectivity index (χ1n) is 8.27. The highest BCUT2D eigenvalue weighted by Crippen LogP contribution is 2.25. The Labute approximate surface area is 123 Å². The number of rotatable bonds is 8. The highest BCUT2D eigenvalue weighted by molar-refractivity contribution is 5.90. The molecule has 2 heteroatoms. The van der Waals surface area contributed by atoms with Gasteiger partial charge in [-0.2, -0.15) is 0 Å². The summed E-state index contributed by atoms with van der Waals surface area (Å²) in [7, 11) is 0. The first-order valence-corrected chi connectivity index (χ1v) is 8.27. The van der Waals surface area contributed by atoms with Crippen molar-refractivity contribution < 1.29 is 9.18 Å². The van der Waals surface area contributed by atoms with Gasteiger partial charge in [0.15, 0.2) is 5.78 Å². The number of hydrogen-bond donors (Lipinski definition) is 0. The molecule has 0 aromatic heterocycles. The molecule has 1 aliphatic carbocycles. The normalized spacial score (nSPS) is 22.8. The van der Waals surface area contributed by atoms with Crippen LogP contribution in [0.2, 0.25) is 0 Å². The predicted molar refractivity (Wildman–Crippen MR) is 82.2 cm³/mol. The fourth-order valence-electron chi connectivity index (χ4n) is 2.62. The van der Waals surface area contributed by atoms with Crippen molar-refractivity contribution in [2.75, 3.05) is 0 Å². The molecule has 0 radical (unpaired) electrons. The predicted octanol–water partition coefficient (Wildman–Crippen LogP) is 5.23. The third-order valence-electron chi connectivity index (χ3n) is 3.99. The van der Waals surface area contributed by atoms with E-state index < -0.39 is 5.67 Å². The summed E-state index contributed by atoms with van der Waals surface area (Å²) in [5, 5.41) is 0. The number of alkyl halides is 1. The van der Waals surface area contributed by atoms with Gasteiger partial charge in [0.05, 0.1) is 0 Å². The summed E-state index contributed by atoms with van der Waals surface area (Å²) < 4.78 is 14.6. The van der Waals surface area contributed by atoms with Gasteiger partial charge in [0, 0.05) is 19.3 Å². The van der Waals surface area contributed by atoms with Crippen molar-refractivity contribution >= 4 is 5.78 Å². The van der Waals surface area contributed by atoms with E-state index >= 15 is 0 Å². The Kier molecular flexibility index (Phi) is 7.88. The molecule has 0 heterocycles. The van der Waals surface area contributed by atoms with Gasteiger partial charge in [-0.1, -0.05) is 57.8 Å². The minimum atomic E-state index is -1.85. The van der Waals surface area contributed by atoms with Crippen LogP contribution in [0.5, 0.6) is 0 Å². The Balaban J connectivity index is 2.26. The van der Waals surface area contributed by atoms with Crippen LogP contribution in [0.4, 0.5) is 4.39 Å². The minimum Gasteiger partial charge on any atom is -0.295 e. The molecule has 0 aliphatic heterocycles. The molecule has 114 valence electrons. The highest BCUT2D eigenvalue weighted by atomic mass is 19.1. The van der Waals surface area contributed by atoms with Gasteiger partial charge in [-0.15, -0.1) is 0 Å². The quantitative estimate of drug-likeness (QED) is 0.439. The van der Waals surface area contributed by atoms with Crippen LogP contribution >= 0.6 is 0 Å². The van der Waals surface area contributed by atoms with Gasteiger partial charge in [0.25, 0.3) is 0 Å². The first kappa shape index (κ1) is 17.2. The van der Waals surface area contributed by atoms with Crippen LogP contribution in [0.25, 0.3) is 0 Å². The Morgan fingerprint density at radius 2 is 1.90 bits per heavy atom. The summed E-state index contributed by atoms with van der Waals surface area (Å²) in [6.07, 6.45) is 9.63. The Morgan fingerprint density at radius 1 is 1.15 bits per heavy atom. The number of ketones is 1. The number of hydrogen-bond acceptors (Lipinski definition) is 1. The molecule has 1 nitrogen and oxygen atoms in total. The molecule has 1 atom stereocenters. The summed E-state index contributed by atoms with van der Waals surface area (Å²) in [5.41, 5.74) is -1.85. The van der Waals surface area contributed by atoms with Crippen LogP contribution in [-0.2, 0) is 4.79 Å². The van der Waals surface area contributed by atoms with E-state index in [4.69, 9.17) is 0 Å². The van der Waals surface area contributed by atoms with E-state index in [1.807, 2.05) is 0 Å². The highest BCUT2D eigenvalue weighted by Gasteiger charge is 2.35. The molecule has 0 amide bonds. The molecule has 1 aliphatic rings. The van der Waals surface area contributed by atoms with E-state index in [1.165, 1.54) is 12.8 Å². The van der Waals surface area contributed by atoms with Crippen molar-refractivity contribution in [1.29, 1.82) is 0 Å². The van der Waals surface area contributed by atoms with E-state index in [1.54, 1.807) is 0 Å². The lowest BCUT2D eigenvalue weighted by Crippen LogP contribution is -2.32. The molecule has 1 unspecified atom stereocenters. The average molecular weight is 280 g/mol. The zero-order valence-corrected chi connectivity index (χ0v) is 13.1. The molecule has 0 bridgehead atoms. The van der Waals surface area contributed by atoms with Crippen molar-refractivity contribution in [2.24, 2.45) is 5.92 Å². The molecule has 0 spiro atoms. The van der Waals surface area contributed by atoms with Gasteiger partial charge in [0.2, 0.25) is 5.67 Å². The summed E-state index contributed by atoms with van der Waals surface area (Å²) in [4.78, 5) is 12.0. The van der Waals surface area contributed by atoms with E-state index in [-0.39, 0.29) is 5.78 Å². The topological polar surface area (TPSA) is 17.1 Å². The van der Waals surface area contributed by atoms with Crippen molar-refractivity contribution in [3.63, 3.8) is 0 Å². The standard InChI is InChI=1S/C18H29FO/c1-16(2)12-8-4-5-9-13-17(20)18(19)14-10-6-3-7-11-15-18/h16H,3-10,12-14H2,1-2H3. The lowest BCUT2D eigenvalue weighted by Gasteiger charge is -2.19. The van der Waals surface area contributed by atoms with E-state index in [0.717, 1.165) is 50.9 Å². The average Bonchev–Trinajstić information content (AvgIpc) is 2.37. The summed E-state index contributed by atoms with van der Waals surface area (Å²) >= 11 is 0. The van der Waals surface area contributed by atoms with Gasteiger partial charge in [-0.3, -0.25) is 4.79 Å². The SMILES string of the molecule is CC(C)CCCCCCC(=O)C1(F)C#CCCCCC1. The molecule has 0 fully saturated rings. The molecule has 0 N–H and O–H groups in total. The molecule has 1 rings (SSSR count). The largest absolute Gasteiger partial charge is 0.295 e. The van der Waals surface area contributed by atoms with Gasteiger partial charge in [0.1, 0.15) is 0 Å². The summed E-state index contributed by atoms with van der Waals surface area (Å²) in [6, 6.07) is 0. The maximum atomic E-state index is 14.6. The molecule has 0 aromatic carbocycles. The second-order valence-corrected chi connectivity index (χ2v) is 6.43. The third kappa shape index (κ3) is 6.55. The number of halogens is 1. The minimum absolute atomic E-state index is 0.282. The van der Waals surface area contributed by atoms with Crippen molar-refractivity contribution in [2.45, 2.75) is 90.1 Å². The van der Waals surface area contributed by atoms with Crippen LogP contribution in [0.3, 0.4) is 0 Å². The van der Waals surface area contributed by atoms with Crippen LogP contribution in [0.15, 0.2) is 0 Å². The second kappa shape index (κ2) is 9.16. The zero-order valence-electron chi connectivity index (χ0n) is 13.1. The lowest BCUT2D eigenvalue weighted by atomic mass is 9.89. The summed E-state index contributed by atoms with van der Waals surface area (Å²) in [6.45, 7) is 4.45. The van der Waals surface area contributed by atoms with Crippen LogP contribution in [0.1, 0.15) is 84.5 Å². The van der Waals surface area contributed by atoms with E-state index in [0.29, 0.717) is 12.8 Å². The van der Waals surface area contributed by atoms with Crippen LogP contribution < -0.4 is 0 Å². The molecule has 0 aromatic rings. The van der Waals surface area contributed by atoms with E-state index in [2.05, 4.69) is 25.7 Å². The van der Waals surface area contributed by atoms with Crippen molar-refractivity contribution in [3.8, 4) is 11.8 Å². The fourth-order valence-corrected chi connectivity index (χ4v) is 2.62. The van der Waals surface area contributed by atoms with Gasteiger partial charge < -0.3 is 0 Å². The molecule has 0 saturated heterocycles. The number of carbonyl (C=O) groups excluding carboxylic acids is 1. The van der Waals surface area contributed by atoms with Gasteiger partial charge in [-0.05, 0) is 25.2 Å². The van der Waals surface area contributed by atoms with E-state index in [9.17, 15) is 9.18 Å². The Bertz CT molecular complexity index is 350. The van der Waals surface area contributed by atoms with Crippen LogP contribution in [0, 0.1) is 17.8 Å². The van der Waals surface area contributed by atoms with Gasteiger partial charge in [-0.25, -0.2) is 4.39 Å². The summed E-state index contributed by atoms with van der Waals surface area (Å²) in [5.74, 6) is 5.90. The molecule has 0 saturated carbocycles. The number of unbranched alkanes of at least 4 members (excludes halogenated alkanes) is 3. The first-order chi connectivity index (χ1) is 9.54.